The quantitative estimate of drug-likeness (QED) is 0.0177. The van der Waals surface area contributed by atoms with Crippen molar-refractivity contribution in [3.63, 3.8) is 0 Å². The van der Waals surface area contributed by atoms with Crippen molar-refractivity contribution in [3.05, 3.63) is 36.0 Å². The molecular formula is C51H83N17O11. The van der Waals surface area contributed by atoms with Crippen LogP contribution in [0.2, 0.25) is 0 Å². The molecule has 0 spiro atoms. The minimum absolute atomic E-state index is 0.0174. The van der Waals surface area contributed by atoms with E-state index in [9.17, 15) is 53.1 Å². The first-order valence-corrected chi connectivity index (χ1v) is 27.2. The van der Waals surface area contributed by atoms with Gasteiger partial charge in [0, 0.05) is 43.2 Å². The summed E-state index contributed by atoms with van der Waals surface area (Å²) >= 11 is 0. The molecule has 4 rings (SSSR count). The number of hydrogen-bond acceptors (Lipinski definition) is 15. The Kier molecular flexibility index (Phi) is 27.4. The van der Waals surface area contributed by atoms with Crippen LogP contribution in [0.4, 0.5) is 0 Å². The van der Waals surface area contributed by atoms with Crippen molar-refractivity contribution >= 4 is 76.0 Å². The molecule has 2 aliphatic heterocycles. The standard InChI is InChI=1S/C51H83N17O11/c52-20-6-3-13-33(55)44(72)64-35(15-4-7-21-53)45(73)65-37(17-9-23-58-51(56)57)49(77)68-25-11-19-40(68)47(75)66-36(16-5-8-22-54)48(76)67-24-10-18-39(67)46(74)62-29-42(70)60-28-41(69)61-30-43(71)63-38(50(78)79)26-31-27-59-34-14-2-1-12-32(31)34/h1-2,12,14,27,33,35-40,59H,3-11,13,15-26,28-30,52-55H2,(H,60,70)(H,61,69)(H,62,74)(H,63,71)(H,64,72)(H,65,73)(H,66,75)(H,78,79)(H4,56,57,58)/t33-,35-,36-,37-,38-,39-,40-/m0/s1. The van der Waals surface area contributed by atoms with E-state index >= 15 is 0 Å². The molecule has 0 radical (unpaired) electrons. The lowest BCUT2D eigenvalue weighted by atomic mass is 10.0. The molecule has 3 heterocycles. The number of likely N-dealkylation sites (tertiary alicyclic amines) is 2. The van der Waals surface area contributed by atoms with Gasteiger partial charge in [-0.05, 0) is 121 Å². The average Bonchev–Trinajstić information content (AvgIpc) is 4.26. The van der Waals surface area contributed by atoms with Crippen LogP contribution in [-0.2, 0) is 54.4 Å². The number of nitrogens with zero attached hydrogens (tertiary/aromatic N) is 3. The summed E-state index contributed by atoms with van der Waals surface area (Å²) in [5.41, 5.74) is 35.8. The fourth-order valence-electron chi connectivity index (χ4n) is 9.47. The molecule has 21 N–H and O–H groups in total. The molecule has 1 aromatic heterocycles. The zero-order valence-electron chi connectivity index (χ0n) is 44.9. The number of aromatic amines is 1. The monoisotopic (exact) mass is 1110 g/mol. The lowest BCUT2D eigenvalue weighted by Crippen LogP contribution is -2.59. The third-order valence-electron chi connectivity index (χ3n) is 13.7. The third kappa shape index (κ3) is 21.0. The van der Waals surface area contributed by atoms with Crippen LogP contribution in [0.15, 0.2) is 35.5 Å². The van der Waals surface area contributed by atoms with E-state index in [1.54, 1.807) is 12.3 Å². The van der Waals surface area contributed by atoms with Gasteiger partial charge in [0.15, 0.2) is 5.96 Å². The minimum Gasteiger partial charge on any atom is -0.480 e. The summed E-state index contributed by atoms with van der Waals surface area (Å²) in [7, 11) is 0. The van der Waals surface area contributed by atoms with E-state index < -0.39 is 121 Å². The van der Waals surface area contributed by atoms with Crippen molar-refractivity contribution in [1.82, 2.24) is 52.0 Å². The topological polar surface area (TPSA) is 466 Å². The smallest absolute Gasteiger partial charge is 0.326 e. The third-order valence-corrected chi connectivity index (χ3v) is 13.7. The molecule has 28 nitrogen and oxygen atoms in total. The van der Waals surface area contributed by atoms with Crippen LogP contribution in [-0.4, -0.2) is 186 Å². The molecule has 9 amide bonds. The first-order chi connectivity index (χ1) is 37.9. The van der Waals surface area contributed by atoms with Gasteiger partial charge in [-0.2, -0.15) is 0 Å². The number of guanidine groups is 1. The molecule has 0 aliphatic carbocycles. The van der Waals surface area contributed by atoms with Gasteiger partial charge >= 0.3 is 5.97 Å². The van der Waals surface area contributed by atoms with Gasteiger partial charge in [0.1, 0.15) is 36.3 Å². The van der Waals surface area contributed by atoms with Crippen LogP contribution >= 0.6 is 0 Å². The minimum atomic E-state index is -1.29. The van der Waals surface area contributed by atoms with Gasteiger partial charge in [0.2, 0.25) is 53.2 Å². The normalized spacial score (nSPS) is 16.9. The van der Waals surface area contributed by atoms with E-state index in [0.29, 0.717) is 83.0 Å². The van der Waals surface area contributed by atoms with Crippen LogP contribution in [0, 0.1) is 0 Å². The number of nitrogens with two attached hydrogens (primary N) is 6. The first-order valence-electron chi connectivity index (χ1n) is 27.2. The second kappa shape index (κ2) is 33.8. The number of carbonyl (C=O) groups excluding carboxylic acids is 9. The molecule has 2 fully saturated rings. The molecule has 7 atom stereocenters. The number of carbonyl (C=O) groups is 10. The number of para-hydroxylation sites is 1. The van der Waals surface area contributed by atoms with E-state index in [1.807, 2.05) is 18.2 Å². The summed E-state index contributed by atoms with van der Waals surface area (Å²) in [5, 5.41) is 28.5. The van der Waals surface area contributed by atoms with Crippen LogP contribution in [0.1, 0.15) is 102 Å². The summed E-state index contributed by atoms with van der Waals surface area (Å²) in [6, 6.07) is -0.302. The van der Waals surface area contributed by atoms with E-state index in [2.05, 4.69) is 47.2 Å². The Morgan fingerprint density at radius 2 is 1.13 bits per heavy atom. The van der Waals surface area contributed by atoms with Crippen molar-refractivity contribution in [2.24, 2.45) is 39.4 Å². The Bertz CT molecular complexity index is 2420. The van der Waals surface area contributed by atoms with Crippen LogP contribution in [0.3, 0.4) is 0 Å². The fraction of sp³-hybridized carbons (Fsp3) is 0.627. The predicted molar refractivity (Wildman–Crippen MR) is 292 cm³/mol. The van der Waals surface area contributed by atoms with Crippen molar-refractivity contribution in [2.45, 2.75) is 145 Å². The highest BCUT2D eigenvalue weighted by molar-refractivity contribution is 5.98. The maximum absolute atomic E-state index is 14.5. The molecule has 1 aromatic carbocycles. The number of carboxylic acid groups (broad SMARTS) is 1. The van der Waals surface area contributed by atoms with Crippen molar-refractivity contribution in [3.8, 4) is 0 Å². The van der Waals surface area contributed by atoms with Crippen molar-refractivity contribution in [1.29, 1.82) is 0 Å². The Labute approximate surface area is 459 Å². The van der Waals surface area contributed by atoms with Gasteiger partial charge in [0.05, 0.1) is 25.7 Å². The number of nitrogens with one attached hydrogen (secondary N) is 8. The number of fused-ring (bicyclic) bond motifs is 1. The zero-order valence-corrected chi connectivity index (χ0v) is 44.9. The number of aliphatic imine (C=N–C) groups is 1. The Morgan fingerprint density at radius 1 is 0.608 bits per heavy atom. The average molecular weight is 1110 g/mol. The van der Waals surface area contributed by atoms with E-state index in [1.165, 1.54) is 9.80 Å². The number of carboxylic acids is 1. The highest BCUT2D eigenvalue weighted by Crippen LogP contribution is 2.24. The van der Waals surface area contributed by atoms with Crippen LogP contribution in [0.25, 0.3) is 10.9 Å². The summed E-state index contributed by atoms with van der Waals surface area (Å²) in [5.74, 6) is -7.29. The lowest BCUT2D eigenvalue weighted by molar-refractivity contribution is -0.144. The zero-order chi connectivity index (χ0) is 57.9. The SMILES string of the molecule is NCCCC[C@H](NC(=O)[C@@H](N)CCCCN)C(=O)N[C@@H](CCCN=C(N)N)C(=O)N1CCC[C@H]1C(=O)N[C@@H](CCCCN)C(=O)N1CCC[C@H]1C(=O)NCC(=O)NCC(=O)NCC(=O)N[C@@H](Cc1c[nH]c2ccccc12)C(=O)O. The molecule has 0 unspecified atom stereocenters. The van der Waals surface area contributed by atoms with Crippen LogP contribution < -0.4 is 71.6 Å². The Balaban J connectivity index is 1.34. The number of amides is 9. The fourth-order valence-corrected chi connectivity index (χ4v) is 9.47. The van der Waals surface area contributed by atoms with E-state index in [4.69, 9.17) is 34.4 Å². The molecule has 0 bridgehead atoms. The number of hydrogen-bond donors (Lipinski definition) is 15. The van der Waals surface area contributed by atoms with Gasteiger partial charge < -0.3 is 91.5 Å². The van der Waals surface area contributed by atoms with Gasteiger partial charge in [-0.3, -0.25) is 48.1 Å². The number of rotatable bonds is 35. The van der Waals surface area contributed by atoms with Gasteiger partial charge in [-0.25, -0.2) is 4.79 Å². The first kappa shape index (κ1) is 64.1. The highest BCUT2D eigenvalue weighted by atomic mass is 16.4. The molecule has 2 aliphatic rings. The molecule has 79 heavy (non-hydrogen) atoms. The summed E-state index contributed by atoms with van der Waals surface area (Å²) < 4.78 is 0. The number of H-pyrrole nitrogens is 1. The van der Waals surface area contributed by atoms with Crippen molar-refractivity contribution in [2.75, 3.05) is 58.9 Å². The second-order valence-corrected chi connectivity index (χ2v) is 19.8. The molecular weight excluding hydrogens is 1030 g/mol. The second-order valence-electron chi connectivity index (χ2n) is 19.8. The molecule has 0 saturated carbocycles. The van der Waals surface area contributed by atoms with Gasteiger partial charge in [-0.1, -0.05) is 24.6 Å². The number of aliphatic carboxylic acids is 1. The Hall–Kier alpha value is -7.43. The summed E-state index contributed by atoms with van der Waals surface area (Å²) in [6.07, 6.45) is 7.33. The molecule has 2 aromatic rings. The maximum atomic E-state index is 14.5. The molecule has 28 heteroatoms. The Morgan fingerprint density at radius 3 is 1.72 bits per heavy atom. The molecule has 2 saturated heterocycles. The maximum Gasteiger partial charge on any atom is 0.326 e. The highest BCUT2D eigenvalue weighted by Gasteiger charge is 2.42. The number of unbranched alkanes of at least 4 members (excludes halogenated alkanes) is 3. The summed E-state index contributed by atoms with van der Waals surface area (Å²) in [4.78, 5) is 143. The summed E-state index contributed by atoms with van der Waals surface area (Å²) in [6.45, 7) is -0.155. The number of benzene rings is 1. The largest absolute Gasteiger partial charge is 0.480 e. The van der Waals surface area contributed by atoms with Gasteiger partial charge in [0.25, 0.3) is 0 Å². The lowest BCUT2D eigenvalue weighted by Gasteiger charge is -2.32. The van der Waals surface area contributed by atoms with E-state index in [0.717, 1.165) is 10.9 Å². The number of aromatic nitrogens is 1. The predicted octanol–water partition coefficient (Wildman–Crippen LogP) is -4.17. The van der Waals surface area contributed by atoms with Crippen LogP contribution in [0.5, 0.6) is 0 Å². The van der Waals surface area contributed by atoms with E-state index in [-0.39, 0.29) is 70.5 Å². The van der Waals surface area contributed by atoms with Gasteiger partial charge in [-0.15, -0.1) is 0 Å². The molecule has 438 valence electrons. The van der Waals surface area contributed by atoms with Crippen molar-refractivity contribution < 1.29 is 53.1 Å².